The SMILES string of the molecule is O=Cc1ccc2c(ccc3c2ncn3-c2ccc(S)cc2)c1. The van der Waals surface area contributed by atoms with E-state index in [0.717, 1.165) is 38.7 Å². The Morgan fingerprint density at radius 1 is 1.00 bits per heavy atom. The lowest BCUT2D eigenvalue weighted by Crippen LogP contribution is -1.91. The summed E-state index contributed by atoms with van der Waals surface area (Å²) in [6.07, 6.45) is 2.69. The highest BCUT2D eigenvalue weighted by Crippen LogP contribution is 2.27. The fourth-order valence-corrected chi connectivity index (χ4v) is 2.87. The highest BCUT2D eigenvalue weighted by molar-refractivity contribution is 7.80. The third kappa shape index (κ3) is 2.00. The monoisotopic (exact) mass is 304 g/mol. The summed E-state index contributed by atoms with van der Waals surface area (Å²) in [5, 5.41) is 2.07. The second-order valence-corrected chi connectivity index (χ2v) is 5.68. The molecule has 3 nitrogen and oxygen atoms in total. The largest absolute Gasteiger partial charge is 0.299 e. The van der Waals surface area contributed by atoms with Gasteiger partial charge in [-0.1, -0.05) is 18.2 Å². The number of benzene rings is 3. The highest BCUT2D eigenvalue weighted by atomic mass is 32.1. The van der Waals surface area contributed by atoms with Gasteiger partial charge in [-0.05, 0) is 41.8 Å². The molecule has 0 unspecified atom stereocenters. The molecule has 4 rings (SSSR count). The van der Waals surface area contributed by atoms with Gasteiger partial charge in [0, 0.05) is 21.5 Å². The molecule has 0 amide bonds. The summed E-state index contributed by atoms with van der Waals surface area (Å²) in [4.78, 5) is 16.4. The highest BCUT2D eigenvalue weighted by Gasteiger charge is 2.08. The molecule has 3 aromatic carbocycles. The van der Waals surface area contributed by atoms with Gasteiger partial charge in [0.05, 0.1) is 11.0 Å². The summed E-state index contributed by atoms with van der Waals surface area (Å²) in [6.45, 7) is 0. The summed E-state index contributed by atoms with van der Waals surface area (Å²) in [5.41, 5.74) is 3.70. The van der Waals surface area contributed by atoms with E-state index in [2.05, 4.69) is 22.2 Å². The van der Waals surface area contributed by atoms with Gasteiger partial charge >= 0.3 is 0 Å². The van der Waals surface area contributed by atoms with Crippen LogP contribution in [0, 0.1) is 0 Å². The number of imidazole rings is 1. The first kappa shape index (κ1) is 13.1. The predicted molar refractivity (Wildman–Crippen MR) is 91.2 cm³/mol. The van der Waals surface area contributed by atoms with E-state index in [1.807, 2.05) is 60.9 Å². The molecule has 0 saturated heterocycles. The molecule has 22 heavy (non-hydrogen) atoms. The van der Waals surface area contributed by atoms with Crippen LogP contribution in [-0.4, -0.2) is 15.8 Å². The van der Waals surface area contributed by atoms with Crippen molar-refractivity contribution >= 4 is 40.7 Å². The standard InChI is InChI=1S/C18H12N2OS/c21-10-12-1-7-16-13(9-12)2-8-17-18(16)19-11-20(17)14-3-5-15(22)6-4-14/h1-11,22H. The van der Waals surface area contributed by atoms with Crippen molar-refractivity contribution in [2.75, 3.05) is 0 Å². The second-order valence-electron chi connectivity index (χ2n) is 5.16. The van der Waals surface area contributed by atoms with Crippen LogP contribution in [0.1, 0.15) is 10.4 Å². The van der Waals surface area contributed by atoms with Crippen LogP contribution in [0.15, 0.2) is 65.8 Å². The topological polar surface area (TPSA) is 34.9 Å². The second kappa shape index (κ2) is 5.00. The molecule has 0 aliphatic rings. The Labute approximate surface area is 132 Å². The number of thiol groups is 1. The molecule has 4 heteroatoms. The Bertz CT molecular complexity index is 1000. The Balaban J connectivity index is 1.98. The van der Waals surface area contributed by atoms with Crippen molar-refractivity contribution < 1.29 is 4.79 Å². The maximum atomic E-state index is 10.9. The first-order valence-electron chi connectivity index (χ1n) is 6.91. The normalized spacial score (nSPS) is 11.1. The molecule has 0 saturated carbocycles. The van der Waals surface area contributed by atoms with Gasteiger partial charge in [-0.2, -0.15) is 0 Å². The van der Waals surface area contributed by atoms with Crippen LogP contribution in [0.25, 0.3) is 27.5 Å². The minimum Gasteiger partial charge on any atom is -0.299 e. The van der Waals surface area contributed by atoms with E-state index in [4.69, 9.17) is 0 Å². The van der Waals surface area contributed by atoms with Crippen molar-refractivity contribution in [3.8, 4) is 5.69 Å². The molecule has 0 aliphatic carbocycles. The number of fused-ring (bicyclic) bond motifs is 3. The zero-order valence-electron chi connectivity index (χ0n) is 11.6. The van der Waals surface area contributed by atoms with Gasteiger partial charge in [0.15, 0.2) is 0 Å². The van der Waals surface area contributed by atoms with Gasteiger partial charge in [0.25, 0.3) is 0 Å². The Morgan fingerprint density at radius 3 is 2.59 bits per heavy atom. The maximum absolute atomic E-state index is 10.9. The summed E-state index contributed by atoms with van der Waals surface area (Å²) >= 11 is 4.32. The minimum absolute atomic E-state index is 0.677. The third-order valence-corrected chi connectivity index (χ3v) is 4.12. The van der Waals surface area contributed by atoms with Crippen molar-refractivity contribution in [2.45, 2.75) is 4.90 Å². The van der Waals surface area contributed by atoms with E-state index in [1.165, 1.54) is 0 Å². The zero-order valence-corrected chi connectivity index (χ0v) is 12.5. The average Bonchev–Trinajstić information content (AvgIpc) is 2.99. The van der Waals surface area contributed by atoms with Crippen LogP contribution in [-0.2, 0) is 0 Å². The molecule has 0 atom stereocenters. The molecule has 0 radical (unpaired) electrons. The van der Waals surface area contributed by atoms with Gasteiger partial charge in [-0.15, -0.1) is 12.6 Å². The first-order valence-corrected chi connectivity index (χ1v) is 7.35. The van der Waals surface area contributed by atoms with Gasteiger partial charge in [-0.25, -0.2) is 4.98 Å². The third-order valence-electron chi connectivity index (χ3n) is 3.82. The van der Waals surface area contributed by atoms with Gasteiger partial charge < -0.3 is 0 Å². The lowest BCUT2D eigenvalue weighted by molar-refractivity contribution is 0.112. The van der Waals surface area contributed by atoms with Crippen molar-refractivity contribution in [1.29, 1.82) is 0 Å². The van der Waals surface area contributed by atoms with Gasteiger partial charge in [0.1, 0.15) is 12.6 Å². The Kier molecular flexibility index (Phi) is 2.98. The van der Waals surface area contributed by atoms with Gasteiger partial charge in [0.2, 0.25) is 0 Å². The molecule has 1 heterocycles. The lowest BCUT2D eigenvalue weighted by Gasteiger charge is -2.05. The summed E-state index contributed by atoms with van der Waals surface area (Å²) in [5.74, 6) is 0. The number of carbonyl (C=O) groups excluding carboxylic acids is 1. The van der Waals surface area contributed by atoms with Crippen LogP contribution in [0.5, 0.6) is 0 Å². The number of aromatic nitrogens is 2. The smallest absolute Gasteiger partial charge is 0.150 e. The number of aldehydes is 1. The molecule has 106 valence electrons. The van der Waals surface area contributed by atoms with E-state index < -0.39 is 0 Å². The fourth-order valence-electron chi connectivity index (χ4n) is 2.72. The molecule has 0 fully saturated rings. The number of hydrogen-bond acceptors (Lipinski definition) is 3. The van der Waals surface area contributed by atoms with Gasteiger partial charge in [-0.3, -0.25) is 9.36 Å². The average molecular weight is 304 g/mol. The first-order chi connectivity index (χ1) is 10.8. The molecular weight excluding hydrogens is 292 g/mol. The summed E-state index contributed by atoms with van der Waals surface area (Å²) < 4.78 is 2.05. The molecular formula is C18H12N2OS. The minimum atomic E-state index is 0.677. The summed E-state index contributed by atoms with van der Waals surface area (Å²) in [7, 11) is 0. The van der Waals surface area contributed by atoms with Crippen LogP contribution in [0.4, 0.5) is 0 Å². The summed E-state index contributed by atoms with van der Waals surface area (Å²) in [6, 6.07) is 17.7. The van der Waals surface area contributed by atoms with E-state index in [-0.39, 0.29) is 0 Å². The zero-order chi connectivity index (χ0) is 15.1. The number of hydrogen-bond donors (Lipinski definition) is 1. The number of nitrogens with zero attached hydrogens (tertiary/aromatic N) is 2. The molecule has 0 aliphatic heterocycles. The van der Waals surface area contributed by atoms with Crippen molar-refractivity contribution in [1.82, 2.24) is 9.55 Å². The Morgan fingerprint density at radius 2 is 1.82 bits per heavy atom. The fraction of sp³-hybridized carbons (Fsp3) is 0. The predicted octanol–water partition coefficient (Wildman–Crippen LogP) is 4.28. The van der Waals surface area contributed by atoms with Crippen LogP contribution in [0.3, 0.4) is 0 Å². The lowest BCUT2D eigenvalue weighted by atomic mass is 10.1. The quantitative estimate of drug-likeness (QED) is 0.443. The van der Waals surface area contributed by atoms with E-state index >= 15 is 0 Å². The number of rotatable bonds is 2. The molecule has 0 spiro atoms. The Hall–Kier alpha value is -2.59. The number of carbonyl (C=O) groups is 1. The maximum Gasteiger partial charge on any atom is 0.150 e. The van der Waals surface area contributed by atoms with Crippen LogP contribution < -0.4 is 0 Å². The van der Waals surface area contributed by atoms with Crippen molar-refractivity contribution in [3.05, 3.63) is 66.5 Å². The molecule has 0 bridgehead atoms. The van der Waals surface area contributed by atoms with Crippen LogP contribution >= 0.6 is 12.6 Å². The van der Waals surface area contributed by atoms with E-state index in [9.17, 15) is 4.79 Å². The molecule has 4 aromatic rings. The van der Waals surface area contributed by atoms with Crippen molar-refractivity contribution in [2.24, 2.45) is 0 Å². The molecule has 1 aromatic heterocycles. The van der Waals surface area contributed by atoms with E-state index in [1.54, 1.807) is 0 Å². The van der Waals surface area contributed by atoms with Crippen molar-refractivity contribution in [3.63, 3.8) is 0 Å². The molecule has 0 N–H and O–H groups in total. The van der Waals surface area contributed by atoms with Crippen LogP contribution in [0.2, 0.25) is 0 Å². The van der Waals surface area contributed by atoms with E-state index in [0.29, 0.717) is 5.56 Å².